The molecule has 5 nitrogen and oxygen atoms in total. The highest BCUT2D eigenvalue weighted by atomic mass is 16.5. The fraction of sp³-hybridized carbons (Fsp3) is 0.400. The van der Waals surface area contributed by atoms with Gasteiger partial charge >= 0.3 is 5.91 Å². The number of carbonyl (C=O) groups excluding carboxylic acids is 1. The molecule has 0 aliphatic rings. The van der Waals surface area contributed by atoms with Crippen molar-refractivity contribution in [1.82, 2.24) is 5.43 Å². The van der Waals surface area contributed by atoms with Gasteiger partial charge in [-0.3, -0.25) is 10.2 Å². The Balaban J connectivity index is 2.41. The van der Waals surface area contributed by atoms with Crippen molar-refractivity contribution >= 4 is 16.9 Å². The van der Waals surface area contributed by atoms with E-state index in [1.807, 2.05) is 38.1 Å². The molecule has 0 fully saturated rings. The van der Waals surface area contributed by atoms with Crippen LogP contribution in [0.2, 0.25) is 0 Å². The lowest BCUT2D eigenvalue weighted by Gasteiger charge is -2.23. The average Bonchev–Trinajstić information content (AvgIpc) is 2.83. The summed E-state index contributed by atoms with van der Waals surface area (Å²) in [7, 11) is 0. The number of hydrazine groups is 1. The Morgan fingerprint density at radius 1 is 1.40 bits per heavy atom. The molecule has 1 aromatic heterocycles. The van der Waals surface area contributed by atoms with E-state index in [0.29, 0.717) is 12.2 Å². The number of amides is 1. The van der Waals surface area contributed by atoms with Gasteiger partial charge in [0.1, 0.15) is 5.58 Å². The Labute approximate surface area is 118 Å². The summed E-state index contributed by atoms with van der Waals surface area (Å²) in [6, 6.07) is 7.48. The van der Waals surface area contributed by atoms with Gasteiger partial charge in [-0.05, 0) is 26.3 Å². The van der Waals surface area contributed by atoms with Crippen molar-refractivity contribution in [2.45, 2.75) is 39.4 Å². The fourth-order valence-electron chi connectivity index (χ4n) is 1.86. The lowest BCUT2D eigenvalue weighted by molar-refractivity contribution is -0.0316. The zero-order valence-electron chi connectivity index (χ0n) is 12.0. The molecule has 20 heavy (non-hydrogen) atoms. The first-order valence-corrected chi connectivity index (χ1v) is 6.64. The second-order valence-electron chi connectivity index (χ2n) is 5.28. The molecular formula is C15H20N2O3. The van der Waals surface area contributed by atoms with Crippen LogP contribution in [0.4, 0.5) is 0 Å². The molecule has 0 bridgehead atoms. The van der Waals surface area contributed by atoms with Gasteiger partial charge in [-0.1, -0.05) is 25.1 Å². The predicted octanol–water partition coefficient (Wildman–Crippen LogP) is 2.74. The van der Waals surface area contributed by atoms with Crippen LogP contribution in [-0.2, 0) is 11.3 Å². The fourth-order valence-corrected chi connectivity index (χ4v) is 1.86. The summed E-state index contributed by atoms with van der Waals surface area (Å²) in [5, 5.41) is 0.873. The summed E-state index contributed by atoms with van der Waals surface area (Å²) in [5.74, 6) is 4.96. The molecule has 0 atom stereocenters. The second-order valence-corrected chi connectivity index (χ2v) is 5.28. The number of para-hydroxylation sites is 1. The number of nitrogens with one attached hydrogen (secondary N) is 1. The van der Waals surface area contributed by atoms with Gasteiger partial charge in [0.05, 0.1) is 12.2 Å². The van der Waals surface area contributed by atoms with E-state index in [9.17, 15) is 4.79 Å². The highest BCUT2D eigenvalue weighted by Gasteiger charge is 2.23. The van der Waals surface area contributed by atoms with Crippen molar-refractivity contribution < 1.29 is 13.9 Å². The predicted molar refractivity (Wildman–Crippen MR) is 77.0 cm³/mol. The number of furan rings is 1. The molecule has 108 valence electrons. The number of rotatable bonds is 5. The normalized spacial score (nSPS) is 11.8. The van der Waals surface area contributed by atoms with Crippen LogP contribution in [0.5, 0.6) is 0 Å². The quantitative estimate of drug-likeness (QED) is 0.500. The number of nitrogen functional groups attached to an aromatic ring is 1. The molecule has 0 spiro atoms. The number of hydrogen-bond acceptors (Lipinski definition) is 4. The van der Waals surface area contributed by atoms with E-state index in [-0.39, 0.29) is 11.4 Å². The number of fused-ring (bicyclic) bond motifs is 1. The van der Waals surface area contributed by atoms with E-state index in [0.717, 1.165) is 17.4 Å². The van der Waals surface area contributed by atoms with Crippen molar-refractivity contribution in [2.24, 2.45) is 5.84 Å². The molecule has 0 saturated carbocycles. The lowest BCUT2D eigenvalue weighted by Crippen LogP contribution is -2.30. The summed E-state index contributed by atoms with van der Waals surface area (Å²) in [4.78, 5) is 11.8. The van der Waals surface area contributed by atoms with Gasteiger partial charge in [0.2, 0.25) is 0 Å². The molecule has 0 aliphatic heterocycles. The monoisotopic (exact) mass is 276 g/mol. The van der Waals surface area contributed by atoms with Gasteiger partial charge in [0.25, 0.3) is 0 Å². The number of benzene rings is 1. The van der Waals surface area contributed by atoms with Crippen LogP contribution in [0.1, 0.15) is 43.3 Å². The van der Waals surface area contributed by atoms with E-state index >= 15 is 0 Å². The number of hydrogen-bond donors (Lipinski definition) is 2. The molecule has 0 saturated heterocycles. The molecule has 3 N–H and O–H groups in total. The molecule has 0 unspecified atom stereocenters. The van der Waals surface area contributed by atoms with E-state index < -0.39 is 5.91 Å². The number of nitrogens with two attached hydrogens (primary N) is 1. The van der Waals surface area contributed by atoms with E-state index in [4.69, 9.17) is 15.0 Å². The maximum Gasteiger partial charge on any atom is 0.301 e. The summed E-state index contributed by atoms with van der Waals surface area (Å²) in [6.07, 6.45) is 0.876. The molecule has 1 amide bonds. The first kappa shape index (κ1) is 14.6. The standard InChI is InChI=1S/C15H20N2O3/c1-4-15(2,3)19-9-11-10-7-5-6-8-12(10)20-13(11)14(18)17-16/h5-8H,4,9,16H2,1-3H3,(H,17,18). The van der Waals surface area contributed by atoms with Gasteiger partial charge in [-0.15, -0.1) is 0 Å². The minimum atomic E-state index is -0.450. The van der Waals surface area contributed by atoms with Crippen molar-refractivity contribution in [1.29, 1.82) is 0 Å². The van der Waals surface area contributed by atoms with Crippen LogP contribution in [0.15, 0.2) is 28.7 Å². The van der Waals surface area contributed by atoms with Crippen molar-refractivity contribution in [3.05, 3.63) is 35.6 Å². The zero-order valence-corrected chi connectivity index (χ0v) is 12.0. The maximum absolute atomic E-state index is 11.8. The third-order valence-electron chi connectivity index (χ3n) is 3.49. The van der Waals surface area contributed by atoms with Gasteiger partial charge in [0, 0.05) is 10.9 Å². The first-order valence-electron chi connectivity index (χ1n) is 6.64. The topological polar surface area (TPSA) is 77.5 Å². The Morgan fingerprint density at radius 3 is 2.75 bits per heavy atom. The van der Waals surface area contributed by atoms with Crippen LogP contribution in [-0.4, -0.2) is 11.5 Å². The number of carbonyl (C=O) groups is 1. The Hall–Kier alpha value is -1.85. The summed E-state index contributed by atoms with van der Waals surface area (Å²) < 4.78 is 11.5. The van der Waals surface area contributed by atoms with E-state index in [1.54, 1.807) is 0 Å². The third kappa shape index (κ3) is 2.84. The summed E-state index contributed by atoms with van der Waals surface area (Å²) in [5.41, 5.74) is 3.23. The van der Waals surface area contributed by atoms with Gasteiger partial charge in [-0.2, -0.15) is 0 Å². The summed E-state index contributed by atoms with van der Waals surface area (Å²) in [6.45, 7) is 6.39. The van der Waals surface area contributed by atoms with E-state index in [2.05, 4.69) is 12.3 Å². The minimum Gasteiger partial charge on any atom is -0.450 e. The first-order chi connectivity index (χ1) is 9.48. The largest absolute Gasteiger partial charge is 0.450 e. The van der Waals surface area contributed by atoms with Gasteiger partial charge in [-0.25, -0.2) is 5.84 Å². The molecule has 1 heterocycles. The van der Waals surface area contributed by atoms with Crippen LogP contribution >= 0.6 is 0 Å². The Bertz CT molecular complexity index is 617. The van der Waals surface area contributed by atoms with Crippen molar-refractivity contribution in [3.8, 4) is 0 Å². The summed E-state index contributed by atoms with van der Waals surface area (Å²) >= 11 is 0. The SMILES string of the molecule is CCC(C)(C)OCc1c(C(=O)NN)oc2ccccc12. The Kier molecular flexibility index (Phi) is 4.11. The van der Waals surface area contributed by atoms with Crippen molar-refractivity contribution in [3.63, 3.8) is 0 Å². The molecule has 2 rings (SSSR count). The highest BCUT2D eigenvalue weighted by Crippen LogP contribution is 2.28. The van der Waals surface area contributed by atoms with Gasteiger partial charge < -0.3 is 9.15 Å². The molecule has 5 heteroatoms. The second kappa shape index (κ2) is 5.64. The molecule has 0 aliphatic carbocycles. The highest BCUT2D eigenvalue weighted by molar-refractivity contribution is 5.98. The van der Waals surface area contributed by atoms with Crippen LogP contribution in [0, 0.1) is 0 Å². The average molecular weight is 276 g/mol. The van der Waals surface area contributed by atoms with Crippen LogP contribution in [0.25, 0.3) is 11.0 Å². The molecule has 1 aromatic carbocycles. The third-order valence-corrected chi connectivity index (χ3v) is 3.49. The van der Waals surface area contributed by atoms with Crippen LogP contribution in [0.3, 0.4) is 0 Å². The molecular weight excluding hydrogens is 256 g/mol. The Morgan fingerprint density at radius 2 is 2.10 bits per heavy atom. The van der Waals surface area contributed by atoms with Crippen LogP contribution < -0.4 is 11.3 Å². The van der Waals surface area contributed by atoms with Crippen molar-refractivity contribution in [2.75, 3.05) is 0 Å². The zero-order chi connectivity index (χ0) is 14.8. The molecule has 2 aromatic rings. The van der Waals surface area contributed by atoms with Gasteiger partial charge in [0.15, 0.2) is 5.76 Å². The molecule has 0 radical (unpaired) electrons. The van der Waals surface area contributed by atoms with E-state index in [1.165, 1.54) is 0 Å². The smallest absolute Gasteiger partial charge is 0.301 e. The number of ether oxygens (including phenoxy) is 1. The maximum atomic E-state index is 11.8. The lowest BCUT2D eigenvalue weighted by atomic mass is 10.1. The minimum absolute atomic E-state index is 0.209.